The van der Waals surface area contributed by atoms with Crippen molar-refractivity contribution in [2.75, 3.05) is 0 Å². The molecule has 0 saturated heterocycles. The van der Waals surface area contributed by atoms with Crippen LogP contribution in [0.1, 0.15) is 18.1 Å². The number of hydrogen-bond donors (Lipinski definition) is 0. The van der Waals surface area contributed by atoms with Crippen molar-refractivity contribution < 1.29 is 8.78 Å². The van der Waals surface area contributed by atoms with Crippen molar-refractivity contribution in [1.29, 1.82) is 0 Å². The lowest BCUT2D eigenvalue weighted by atomic mass is 10.1. The van der Waals surface area contributed by atoms with Gasteiger partial charge in [-0.05, 0) is 31.5 Å². The first-order chi connectivity index (χ1) is 5.52. The molecule has 0 nitrogen and oxygen atoms in total. The quantitative estimate of drug-likeness (QED) is 0.603. The van der Waals surface area contributed by atoms with E-state index >= 15 is 0 Å². The van der Waals surface area contributed by atoms with Gasteiger partial charge in [-0.1, -0.05) is 12.2 Å². The van der Waals surface area contributed by atoms with E-state index in [4.69, 9.17) is 0 Å². The SMILES string of the molecule is C=C(C)c1cc(F)c(C)c(F)c1. The molecular weight excluding hydrogens is 158 g/mol. The zero-order valence-electron chi connectivity index (χ0n) is 7.12. The van der Waals surface area contributed by atoms with Crippen LogP contribution in [-0.4, -0.2) is 0 Å². The second-order valence-electron chi connectivity index (χ2n) is 2.85. The van der Waals surface area contributed by atoms with Gasteiger partial charge in [-0.2, -0.15) is 0 Å². The molecule has 0 fully saturated rings. The minimum atomic E-state index is -0.520. The van der Waals surface area contributed by atoms with Gasteiger partial charge >= 0.3 is 0 Å². The zero-order chi connectivity index (χ0) is 9.30. The van der Waals surface area contributed by atoms with E-state index in [-0.39, 0.29) is 5.56 Å². The van der Waals surface area contributed by atoms with Gasteiger partial charge < -0.3 is 0 Å². The van der Waals surface area contributed by atoms with Crippen molar-refractivity contribution in [3.8, 4) is 0 Å². The van der Waals surface area contributed by atoms with Crippen molar-refractivity contribution in [3.05, 3.63) is 41.5 Å². The number of rotatable bonds is 1. The molecular formula is C10H10F2. The molecule has 0 unspecified atom stereocenters. The number of hydrogen-bond acceptors (Lipinski definition) is 0. The van der Waals surface area contributed by atoms with Crippen LogP contribution in [0.25, 0.3) is 5.57 Å². The van der Waals surface area contributed by atoms with Crippen LogP contribution < -0.4 is 0 Å². The average Bonchev–Trinajstić information content (AvgIpc) is 1.99. The van der Waals surface area contributed by atoms with Gasteiger partial charge in [0.1, 0.15) is 11.6 Å². The summed E-state index contributed by atoms with van der Waals surface area (Å²) in [7, 11) is 0. The smallest absolute Gasteiger partial charge is 0.129 e. The number of allylic oxidation sites excluding steroid dienone is 1. The fraction of sp³-hybridized carbons (Fsp3) is 0.200. The van der Waals surface area contributed by atoms with Gasteiger partial charge in [0.25, 0.3) is 0 Å². The Hall–Kier alpha value is -1.18. The molecule has 0 atom stereocenters. The van der Waals surface area contributed by atoms with Crippen LogP contribution >= 0.6 is 0 Å². The van der Waals surface area contributed by atoms with Crippen molar-refractivity contribution in [3.63, 3.8) is 0 Å². The highest BCUT2D eigenvalue weighted by molar-refractivity contribution is 5.61. The molecule has 0 aromatic heterocycles. The first-order valence-corrected chi connectivity index (χ1v) is 3.64. The molecule has 0 saturated carbocycles. The molecule has 64 valence electrons. The maximum atomic E-state index is 12.9. The van der Waals surface area contributed by atoms with E-state index in [1.54, 1.807) is 6.92 Å². The third kappa shape index (κ3) is 1.52. The van der Waals surface area contributed by atoms with Gasteiger partial charge in [-0.25, -0.2) is 8.78 Å². The van der Waals surface area contributed by atoms with E-state index in [1.807, 2.05) is 0 Å². The van der Waals surface area contributed by atoms with E-state index < -0.39 is 11.6 Å². The number of benzene rings is 1. The van der Waals surface area contributed by atoms with Crippen LogP contribution in [0.5, 0.6) is 0 Å². The lowest BCUT2D eigenvalue weighted by molar-refractivity contribution is 0.567. The van der Waals surface area contributed by atoms with E-state index in [9.17, 15) is 8.78 Å². The molecule has 0 aliphatic carbocycles. The standard InChI is InChI=1S/C10H10F2/c1-6(2)8-4-9(11)7(3)10(12)5-8/h4-5H,1H2,2-3H3. The minimum absolute atomic E-state index is 0.0556. The maximum absolute atomic E-state index is 12.9. The van der Waals surface area contributed by atoms with E-state index in [0.717, 1.165) is 0 Å². The van der Waals surface area contributed by atoms with Gasteiger partial charge in [0.15, 0.2) is 0 Å². The predicted molar refractivity (Wildman–Crippen MR) is 45.8 cm³/mol. The van der Waals surface area contributed by atoms with Crippen LogP contribution in [0.3, 0.4) is 0 Å². The topological polar surface area (TPSA) is 0 Å². The second kappa shape index (κ2) is 3.05. The lowest BCUT2D eigenvalue weighted by Gasteiger charge is -2.03. The Balaban J connectivity index is 3.31. The first kappa shape index (κ1) is 8.91. The fourth-order valence-corrected chi connectivity index (χ4v) is 0.892. The number of halogens is 2. The summed E-state index contributed by atoms with van der Waals surface area (Å²) in [5.74, 6) is -1.04. The van der Waals surface area contributed by atoms with Crippen LogP contribution in [0.15, 0.2) is 18.7 Å². The molecule has 0 heterocycles. The van der Waals surface area contributed by atoms with E-state index in [2.05, 4.69) is 6.58 Å². The predicted octanol–water partition coefficient (Wildman–Crippen LogP) is 3.31. The Labute approximate surface area is 70.5 Å². The van der Waals surface area contributed by atoms with Gasteiger partial charge in [-0.15, -0.1) is 0 Å². The van der Waals surface area contributed by atoms with Gasteiger partial charge in [0.2, 0.25) is 0 Å². The van der Waals surface area contributed by atoms with Crippen molar-refractivity contribution in [1.82, 2.24) is 0 Å². The summed E-state index contributed by atoms with van der Waals surface area (Å²) in [5.41, 5.74) is 1.23. The second-order valence-corrected chi connectivity index (χ2v) is 2.85. The van der Waals surface area contributed by atoms with Crippen LogP contribution in [0, 0.1) is 18.6 Å². The highest BCUT2D eigenvalue weighted by atomic mass is 19.1. The minimum Gasteiger partial charge on any atom is -0.207 e. The molecule has 12 heavy (non-hydrogen) atoms. The van der Waals surface area contributed by atoms with Crippen LogP contribution in [0.2, 0.25) is 0 Å². The Bertz CT molecular complexity index is 304. The zero-order valence-corrected chi connectivity index (χ0v) is 7.12. The molecule has 0 N–H and O–H groups in total. The summed E-state index contributed by atoms with van der Waals surface area (Å²) in [6.45, 7) is 6.73. The van der Waals surface area contributed by atoms with Crippen LogP contribution in [-0.2, 0) is 0 Å². The van der Waals surface area contributed by atoms with Crippen molar-refractivity contribution in [2.24, 2.45) is 0 Å². The van der Waals surface area contributed by atoms with E-state index in [0.29, 0.717) is 11.1 Å². The monoisotopic (exact) mass is 168 g/mol. The summed E-state index contributed by atoms with van der Waals surface area (Å²) in [4.78, 5) is 0. The summed E-state index contributed by atoms with van der Waals surface area (Å²) >= 11 is 0. The van der Waals surface area contributed by atoms with Crippen molar-refractivity contribution >= 4 is 5.57 Å². The highest BCUT2D eigenvalue weighted by Crippen LogP contribution is 2.18. The molecule has 1 aromatic rings. The molecule has 1 aromatic carbocycles. The lowest BCUT2D eigenvalue weighted by Crippen LogP contribution is -1.91. The molecule has 2 heteroatoms. The third-order valence-electron chi connectivity index (χ3n) is 1.77. The first-order valence-electron chi connectivity index (χ1n) is 3.64. The van der Waals surface area contributed by atoms with E-state index in [1.165, 1.54) is 19.1 Å². The maximum Gasteiger partial charge on any atom is 0.129 e. The van der Waals surface area contributed by atoms with Gasteiger partial charge in [-0.3, -0.25) is 0 Å². The fourth-order valence-electron chi connectivity index (χ4n) is 0.892. The Morgan fingerprint density at radius 3 is 2.00 bits per heavy atom. The largest absolute Gasteiger partial charge is 0.207 e. The Morgan fingerprint density at radius 2 is 1.67 bits per heavy atom. The Morgan fingerprint density at radius 1 is 1.25 bits per heavy atom. The summed E-state index contributed by atoms with van der Waals surface area (Å²) < 4.78 is 25.8. The van der Waals surface area contributed by atoms with Gasteiger partial charge in [0, 0.05) is 5.56 Å². The van der Waals surface area contributed by atoms with Crippen LogP contribution in [0.4, 0.5) is 8.78 Å². The molecule has 0 amide bonds. The molecule has 0 aliphatic heterocycles. The molecule has 0 aliphatic rings. The van der Waals surface area contributed by atoms with Crippen molar-refractivity contribution in [2.45, 2.75) is 13.8 Å². The summed E-state index contributed by atoms with van der Waals surface area (Å²) in [5, 5.41) is 0. The highest BCUT2D eigenvalue weighted by Gasteiger charge is 2.06. The molecule has 0 spiro atoms. The molecule has 0 bridgehead atoms. The molecule has 1 rings (SSSR count). The summed E-state index contributed by atoms with van der Waals surface area (Å²) in [6, 6.07) is 2.58. The van der Waals surface area contributed by atoms with Gasteiger partial charge in [0.05, 0.1) is 0 Å². The Kier molecular flexibility index (Phi) is 2.27. The average molecular weight is 168 g/mol. The summed E-state index contributed by atoms with van der Waals surface area (Å²) in [6.07, 6.45) is 0. The molecule has 0 radical (unpaired) electrons. The third-order valence-corrected chi connectivity index (χ3v) is 1.77. The normalized spacial score (nSPS) is 10.0.